The quantitative estimate of drug-likeness (QED) is 0.810. The highest BCUT2D eigenvalue weighted by Crippen LogP contribution is 2.11. The maximum Gasteiger partial charge on any atom is 0.226 e. The highest BCUT2D eigenvalue weighted by molar-refractivity contribution is 7.13. The van der Waals surface area contributed by atoms with Crippen LogP contribution >= 0.6 is 11.3 Å². The fourth-order valence-electron chi connectivity index (χ4n) is 1.22. The zero-order valence-corrected chi connectivity index (χ0v) is 9.95. The van der Waals surface area contributed by atoms with Crippen LogP contribution in [-0.4, -0.2) is 21.0 Å². The van der Waals surface area contributed by atoms with Crippen LogP contribution in [0.5, 0.6) is 0 Å². The van der Waals surface area contributed by atoms with E-state index in [9.17, 15) is 4.79 Å². The molecule has 2 rings (SSSR count). The smallest absolute Gasteiger partial charge is 0.226 e. The van der Waals surface area contributed by atoms with Crippen molar-refractivity contribution in [3.05, 3.63) is 22.8 Å². The molecule has 0 aliphatic heterocycles. The van der Waals surface area contributed by atoms with Crippen LogP contribution in [0, 0.1) is 6.92 Å². The molecule has 1 amide bonds. The predicted molar refractivity (Wildman–Crippen MR) is 61.1 cm³/mol. The lowest BCUT2D eigenvalue weighted by atomic mass is 10.3. The number of nitrogen functional groups attached to an aromatic ring is 1. The van der Waals surface area contributed by atoms with Crippen LogP contribution in [0.4, 0.5) is 5.13 Å². The maximum absolute atomic E-state index is 11.5. The molecule has 0 fully saturated rings. The summed E-state index contributed by atoms with van der Waals surface area (Å²) in [6.45, 7) is 1.94. The van der Waals surface area contributed by atoms with Crippen molar-refractivity contribution >= 4 is 22.4 Å². The summed E-state index contributed by atoms with van der Waals surface area (Å²) in [5.41, 5.74) is 6.13. The minimum Gasteiger partial charge on any atom is -0.375 e. The molecule has 17 heavy (non-hydrogen) atoms. The van der Waals surface area contributed by atoms with E-state index in [-0.39, 0.29) is 18.9 Å². The second kappa shape index (κ2) is 4.91. The molecule has 7 nitrogen and oxygen atoms in total. The minimum atomic E-state index is -0.155. The van der Waals surface area contributed by atoms with Crippen LogP contribution in [0.25, 0.3) is 0 Å². The van der Waals surface area contributed by atoms with Crippen LogP contribution in [0.3, 0.4) is 0 Å². The summed E-state index contributed by atoms with van der Waals surface area (Å²) in [7, 11) is 0. The number of hydrogen-bond acceptors (Lipinski definition) is 7. The number of amides is 1. The number of nitrogens with one attached hydrogen (secondary N) is 1. The molecule has 2 aromatic rings. The average molecular weight is 253 g/mol. The van der Waals surface area contributed by atoms with Crippen LogP contribution in [0.15, 0.2) is 9.90 Å². The molecule has 0 radical (unpaired) electrons. The minimum absolute atomic E-state index is 0.155. The van der Waals surface area contributed by atoms with Crippen LogP contribution in [0.1, 0.15) is 17.4 Å². The summed E-state index contributed by atoms with van der Waals surface area (Å²) in [4.78, 5) is 19.5. The first-order chi connectivity index (χ1) is 8.13. The molecule has 0 spiro atoms. The Labute approximate surface area is 101 Å². The van der Waals surface area contributed by atoms with Gasteiger partial charge in [0.05, 0.1) is 18.7 Å². The summed E-state index contributed by atoms with van der Waals surface area (Å²) < 4.78 is 4.78. The Bertz CT molecular complexity index is 521. The molecule has 0 saturated carbocycles. The average Bonchev–Trinajstić information content (AvgIpc) is 2.85. The second-order valence-corrected chi connectivity index (χ2v) is 4.25. The molecule has 2 aromatic heterocycles. The predicted octanol–water partition coefficient (Wildman–Crippen LogP) is 0.276. The first kappa shape index (κ1) is 11.5. The summed E-state index contributed by atoms with van der Waals surface area (Å²) in [6.07, 6.45) is 0.199. The third kappa shape index (κ3) is 3.25. The number of nitrogens with zero attached hydrogens (tertiary/aromatic N) is 3. The topological polar surface area (TPSA) is 107 Å². The van der Waals surface area contributed by atoms with E-state index in [0.29, 0.717) is 22.5 Å². The highest BCUT2D eigenvalue weighted by atomic mass is 32.1. The van der Waals surface area contributed by atoms with Crippen molar-refractivity contribution in [1.29, 1.82) is 0 Å². The molecule has 90 valence electrons. The van der Waals surface area contributed by atoms with Crippen molar-refractivity contribution in [3.63, 3.8) is 0 Å². The Morgan fingerprint density at radius 2 is 2.41 bits per heavy atom. The van der Waals surface area contributed by atoms with Crippen molar-refractivity contribution in [1.82, 2.24) is 20.4 Å². The molecule has 8 heteroatoms. The van der Waals surface area contributed by atoms with E-state index in [2.05, 4.69) is 20.4 Å². The van der Waals surface area contributed by atoms with Gasteiger partial charge >= 0.3 is 0 Å². The number of aryl methyl sites for hydroxylation is 1. The van der Waals surface area contributed by atoms with Gasteiger partial charge in [-0.3, -0.25) is 4.79 Å². The van der Waals surface area contributed by atoms with Crippen molar-refractivity contribution < 1.29 is 9.32 Å². The molecule has 0 unspecified atom stereocenters. The number of carbonyl (C=O) groups excluding carboxylic acids is 1. The number of thiazole rings is 1. The Hall–Kier alpha value is -1.96. The fraction of sp³-hybridized carbons (Fsp3) is 0.333. The van der Waals surface area contributed by atoms with Crippen molar-refractivity contribution in [2.45, 2.75) is 19.9 Å². The third-order valence-corrected chi connectivity index (χ3v) is 2.65. The van der Waals surface area contributed by atoms with Crippen molar-refractivity contribution in [2.24, 2.45) is 0 Å². The second-order valence-electron chi connectivity index (χ2n) is 3.36. The van der Waals surface area contributed by atoms with Crippen LogP contribution in [0.2, 0.25) is 0 Å². The number of carbonyl (C=O) groups is 1. The molecule has 3 N–H and O–H groups in total. The first-order valence-electron chi connectivity index (χ1n) is 4.89. The number of hydrogen-bond donors (Lipinski definition) is 2. The molecule has 0 aliphatic rings. The van der Waals surface area contributed by atoms with E-state index < -0.39 is 0 Å². The summed E-state index contributed by atoms with van der Waals surface area (Å²) in [5, 5.41) is 8.55. The molecular weight excluding hydrogens is 242 g/mol. The molecular formula is C9H11N5O2S. The standard InChI is InChI=1S/C9H11N5O2S/c1-5-12-7(14-16-5)3-11-8(15)2-6-4-17-9(10)13-6/h4H,2-3H2,1H3,(H2,10,13)(H,11,15). The van der Waals surface area contributed by atoms with Crippen LogP contribution < -0.4 is 11.1 Å². The van der Waals surface area contributed by atoms with Gasteiger partial charge in [-0.2, -0.15) is 4.98 Å². The van der Waals surface area contributed by atoms with Crippen LogP contribution in [-0.2, 0) is 17.8 Å². The lowest BCUT2D eigenvalue weighted by Crippen LogP contribution is -2.25. The van der Waals surface area contributed by atoms with Gasteiger partial charge < -0.3 is 15.6 Å². The van der Waals surface area contributed by atoms with E-state index in [1.54, 1.807) is 12.3 Å². The highest BCUT2D eigenvalue weighted by Gasteiger charge is 2.08. The van der Waals surface area contributed by atoms with Gasteiger partial charge in [0.15, 0.2) is 11.0 Å². The normalized spacial score (nSPS) is 10.4. The number of nitrogens with two attached hydrogens (primary N) is 1. The number of rotatable bonds is 4. The van der Waals surface area contributed by atoms with E-state index in [0.717, 1.165) is 0 Å². The SMILES string of the molecule is Cc1nc(CNC(=O)Cc2csc(N)n2)no1. The Morgan fingerprint density at radius 1 is 1.59 bits per heavy atom. The third-order valence-electron chi connectivity index (χ3n) is 1.92. The first-order valence-corrected chi connectivity index (χ1v) is 5.77. The zero-order valence-electron chi connectivity index (χ0n) is 9.14. The molecule has 0 atom stereocenters. The van der Waals surface area contributed by atoms with Gasteiger partial charge in [-0.1, -0.05) is 5.16 Å². The fourth-order valence-corrected chi connectivity index (χ4v) is 1.78. The Balaban J connectivity index is 1.82. The van der Waals surface area contributed by atoms with Gasteiger partial charge in [0.1, 0.15) is 0 Å². The lowest BCUT2D eigenvalue weighted by Gasteiger charge is -1.99. The molecule has 2 heterocycles. The van der Waals surface area contributed by atoms with Gasteiger partial charge in [-0.05, 0) is 0 Å². The summed E-state index contributed by atoms with van der Waals surface area (Å²) in [6, 6.07) is 0. The molecule has 0 bridgehead atoms. The summed E-state index contributed by atoms with van der Waals surface area (Å²) >= 11 is 1.31. The molecule has 0 aliphatic carbocycles. The number of aromatic nitrogens is 3. The van der Waals surface area contributed by atoms with E-state index in [1.165, 1.54) is 11.3 Å². The van der Waals surface area contributed by atoms with Gasteiger partial charge in [0, 0.05) is 12.3 Å². The van der Waals surface area contributed by atoms with Gasteiger partial charge in [-0.25, -0.2) is 4.98 Å². The Kier molecular flexibility index (Phi) is 3.33. The molecule has 0 aromatic carbocycles. The van der Waals surface area contributed by atoms with Gasteiger partial charge in [0.2, 0.25) is 11.8 Å². The van der Waals surface area contributed by atoms with Crippen molar-refractivity contribution in [2.75, 3.05) is 5.73 Å². The number of anilines is 1. The zero-order chi connectivity index (χ0) is 12.3. The largest absolute Gasteiger partial charge is 0.375 e. The summed E-state index contributed by atoms with van der Waals surface area (Å²) in [5.74, 6) is 0.771. The van der Waals surface area contributed by atoms with E-state index >= 15 is 0 Å². The Morgan fingerprint density at radius 3 is 3.00 bits per heavy atom. The monoisotopic (exact) mass is 253 g/mol. The van der Waals surface area contributed by atoms with Gasteiger partial charge in [0.25, 0.3) is 0 Å². The van der Waals surface area contributed by atoms with Crippen molar-refractivity contribution in [3.8, 4) is 0 Å². The maximum atomic E-state index is 11.5. The van der Waals surface area contributed by atoms with Gasteiger partial charge in [-0.15, -0.1) is 11.3 Å². The molecule has 0 saturated heterocycles. The van der Waals surface area contributed by atoms with E-state index in [1.807, 2.05) is 0 Å². The lowest BCUT2D eigenvalue weighted by molar-refractivity contribution is -0.120. The van der Waals surface area contributed by atoms with E-state index in [4.69, 9.17) is 10.3 Å².